The number of aromatic nitrogens is 3. The molecule has 1 fully saturated rings. The maximum atomic E-state index is 5.74. The van der Waals surface area contributed by atoms with Gasteiger partial charge in [-0.05, 0) is 32.5 Å². The molecule has 1 saturated heterocycles. The largest absolute Gasteiger partial charge is 0.326 e. The van der Waals surface area contributed by atoms with Crippen LogP contribution in [0.1, 0.15) is 30.1 Å². The lowest BCUT2D eigenvalue weighted by molar-refractivity contribution is 0.245. The zero-order chi connectivity index (χ0) is 12.5. The average Bonchev–Trinajstić information content (AvgIpc) is 2.82. The summed E-state index contributed by atoms with van der Waals surface area (Å²) in [7, 11) is 2.17. The molecule has 0 saturated carbocycles. The van der Waals surface area contributed by atoms with Crippen LogP contribution in [-0.2, 0) is 6.54 Å². The van der Waals surface area contributed by atoms with Crippen molar-refractivity contribution in [3.8, 4) is 0 Å². The van der Waals surface area contributed by atoms with E-state index in [9.17, 15) is 0 Å². The Bertz CT molecular complexity index is 547. The number of hydrogen-bond donors (Lipinski definition) is 1. The first-order chi connectivity index (χ1) is 8.79. The number of likely N-dealkylation sites (N-methyl/N-ethyl adjacent to an activating group) is 1. The molecule has 0 bridgehead atoms. The van der Waals surface area contributed by atoms with E-state index in [1.165, 1.54) is 19.4 Å². The number of likely N-dealkylation sites (tertiary alicyclic amines) is 1. The third-order valence-corrected chi connectivity index (χ3v) is 3.75. The second kappa shape index (κ2) is 4.66. The van der Waals surface area contributed by atoms with Crippen molar-refractivity contribution in [1.82, 2.24) is 19.5 Å². The fourth-order valence-electron chi connectivity index (χ4n) is 2.80. The molecule has 2 N–H and O–H groups in total. The molecule has 3 rings (SSSR count). The van der Waals surface area contributed by atoms with Gasteiger partial charge < -0.3 is 10.6 Å². The van der Waals surface area contributed by atoms with Gasteiger partial charge in [0.15, 0.2) is 5.65 Å². The summed E-state index contributed by atoms with van der Waals surface area (Å²) in [5.74, 6) is 1.55. The predicted molar refractivity (Wildman–Crippen MR) is 70.4 cm³/mol. The van der Waals surface area contributed by atoms with E-state index in [0.29, 0.717) is 12.5 Å². The SMILES string of the molecule is CN1CCCC(c2nnc3c(CN)cccn23)C1. The lowest BCUT2D eigenvalue weighted by atomic mass is 9.98. The van der Waals surface area contributed by atoms with Crippen molar-refractivity contribution in [3.63, 3.8) is 0 Å². The second-order valence-corrected chi connectivity index (χ2v) is 5.09. The molecule has 2 aromatic heterocycles. The predicted octanol–water partition coefficient (Wildman–Crippen LogP) is 0.997. The highest BCUT2D eigenvalue weighted by Gasteiger charge is 2.23. The molecule has 18 heavy (non-hydrogen) atoms. The number of pyridine rings is 1. The van der Waals surface area contributed by atoms with Gasteiger partial charge in [0.2, 0.25) is 0 Å². The van der Waals surface area contributed by atoms with Crippen molar-refractivity contribution in [2.75, 3.05) is 20.1 Å². The van der Waals surface area contributed by atoms with Crippen LogP contribution in [0.4, 0.5) is 0 Å². The summed E-state index contributed by atoms with van der Waals surface area (Å²) >= 11 is 0. The van der Waals surface area contributed by atoms with Gasteiger partial charge in [-0.3, -0.25) is 4.40 Å². The van der Waals surface area contributed by atoms with Crippen molar-refractivity contribution in [1.29, 1.82) is 0 Å². The topological polar surface area (TPSA) is 59.5 Å². The van der Waals surface area contributed by atoms with Gasteiger partial charge >= 0.3 is 0 Å². The molecular weight excluding hydrogens is 226 g/mol. The highest BCUT2D eigenvalue weighted by atomic mass is 15.3. The summed E-state index contributed by atoms with van der Waals surface area (Å²) < 4.78 is 2.10. The van der Waals surface area contributed by atoms with Crippen molar-refractivity contribution in [2.24, 2.45) is 5.73 Å². The lowest BCUT2D eigenvalue weighted by Gasteiger charge is -2.28. The first kappa shape index (κ1) is 11.6. The summed E-state index contributed by atoms with van der Waals surface area (Å²) in [5.41, 5.74) is 7.70. The minimum Gasteiger partial charge on any atom is -0.326 e. The maximum absolute atomic E-state index is 5.74. The van der Waals surface area contributed by atoms with Crippen LogP contribution in [0.3, 0.4) is 0 Å². The van der Waals surface area contributed by atoms with Gasteiger partial charge in [-0.25, -0.2) is 0 Å². The van der Waals surface area contributed by atoms with Gasteiger partial charge in [-0.15, -0.1) is 10.2 Å². The summed E-state index contributed by atoms with van der Waals surface area (Å²) in [6.45, 7) is 2.75. The number of rotatable bonds is 2. The molecule has 1 aliphatic heterocycles. The van der Waals surface area contributed by atoms with Crippen molar-refractivity contribution >= 4 is 5.65 Å². The van der Waals surface area contributed by atoms with Crippen molar-refractivity contribution < 1.29 is 0 Å². The van der Waals surface area contributed by atoms with Crippen LogP contribution in [-0.4, -0.2) is 39.6 Å². The Kier molecular flexibility index (Phi) is 3.01. The van der Waals surface area contributed by atoms with Crippen LogP contribution < -0.4 is 5.73 Å². The van der Waals surface area contributed by atoms with Crippen LogP contribution in [0.5, 0.6) is 0 Å². The Morgan fingerprint density at radius 2 is 2.33 bits per heavy atom. The molecular formula is C13H19N5. The molecule has 2 aromatic rings. The Labute approximate surface area is 107 Å². The number of fused-ring (bicyclic) bond motifs is 1. The van der Waals surface area contributed by atoms with E-state index in [-0.39, 0.29) is 0 Å². The molecule has 96 valence electrons. The van der Waals surface area contributed by atoms with E-state index >= 15 is 0 Å². The van der Waals surface area contributed by atoms with Crippen LogP contribution >= 0.6 is 0 Å². The molecule has 1 aliphatic rings. The summed E-state index contributed by atoms with van der Waals surface area (Å²) in [5, 5.41) is 8.70. The molecule has 5 heteroatoms. The molecule has 1 unspecified atom stereocenters. The quantitative estimate of drug-likeness (QED) is 0.857. The fraction of sp³-hybridized carbons (Fsp3) is 0.538. The highest BCUT2D eigenvalue weighted by molar-refractivity contribution is 5.47. The molecule has 0 spiro atoms. The van der Waals surface area contributed by atoms with E-state index < -0.39 is 0 Å². The first-order valence-corrected chi connectivity index (χ1v) is 6.50. The van der Waals surface area contributed by atoms with E-state index in [2.05, 4.69) is 26.5 Å². The Morgan fingerprint density at radius 3 is 3.11 bits per heavy atom. The third-order valence-electron chi connectivity index (χ3n) is 3.75. The number of nitrogens with two attached hydrogens (primary N) is 1. The molecule has 5 nitrogen and oxygen atoms in total. The summed E-state index contributed by atoms with van der Waals surface area (Å²) in [6, 6.07) is 4.04. The monoisotopic (exact) mass is 245 g/mol. The van der Waals surface area contributed by atoms with Crippen LogP contribution in [0.2, 0.25) is 0 Å². The number of piperidine rings is 1. The van der Waals surface area contributed by atoms with Crippen LogP contribution in [0.25, 0.3) is 5.65 Å². The Hall–Kier alpha value is -1.46. The smallest absolute Gasteiger partial charge is 0.165 e. The van der Waals surface area contributed by atoms with Gasteiger partial charge in [-0.1, -0.05) is 6.07 Å². The van der Waals surface area contributed by atoms with Gasteiger partial charge in [0, 0.05) is 30.8 Å². The van der Waals surface area contributed by atoms with Crippen LogP contribution in [0.15, 0.2) is 18.3 Å². The normalized spacial score (nSPS) is 21.6. The van der Waals surface area contributed by atoms with Crippen molar-refractivity contribution in [3.05, 3.63) is 29.7 Å². The number of nitrogens with zero attached hydrogens (tertiary/aromatic N) is 4. The van der Waals surface area contributed by atoms with E-state index in [1.54, 1.807) is 0 Å². The second-order valence-electron chi connectivity index (χ2n) is 5.09. The summed E-state index contributed by atoms with van der Waals surface area (Å²) in [6.07, 6.45) is 4.46. The van der Waals surface area contributed by atoms with Gasteiger partial charge in [-0.2, -0.15) is 0 Å². The average molecular weight is 245 g/mol. The molecule has 0 aromatic carbocycles. The number of hydrogen-bond acceptors (Lipinski definition) is 4. The zero-order valence-corrected chi connectivity index (χ0v) is 10.7. The van der Waals surface area contributed by atoms with E-state index in [4.69, 9.17) is 5.73 Å². The Balaban J connectivity index is 2.02. The zero-order valence-electron chi connectivity index (χ0n) is 10.7. The lowest BCUT2D eigenvalue weighted by Crippen LogP contribution is -2.31. The molecule has 0 amide bonds. The minimum absolute atomic E-state index is 0.478. The van der Waals surface area contributed by atoms with Crippen molar-refractivity contribution in [2.45, 2.75) is 25.3 Å². The molecule has 0 aliphatic carbocycles. The maximum Gasteiger partial charge on any atom is 0.165 e. The van der Waals surface area contributed by atoms with Gasteiger partial charge in [0.1, 0.15) is 5.82 Å². The Morgan fingerprint density at radius 1 is 1.44 bits per heavy atom. The molecule has 1 atom stereocenters. The third kappa shape index (κ3) is 1.89. The fourth-order valence-corrected chi connectivity index (χ4v) is 2.80. The highest BCUT2D eigenvalue weighted by Crippen LogP contribution is 2.25. The van der Waals surface area contributed by atoms with Gasteiger partial charge in [0.05, 0.1) is 0 Å². The molecule has 0 radical (unpaired) electrons. The van der Waals surface area contributed by atoms with Gasteiger partial charge in [0.25, 0.3) is 0 Å². The molecule has 3 heterocycles. The minimum atomic E-state index is 0.478. The standard InChI is InChI=1S/C13H19N5/c1-17-6-2-5-11(9-17)13-16-15-12-10(8-14)4-3-7-18(12)13/h3-4,7,11H,2,5-6,8-9,14H2,1H3. The van der Waals surface area contributed by atoms with E-state index in [1.807, 2.05) is 18.3 Å². The van der Waals surface area contributed by atoms with Crippen LogP contribution in [0, 0.1) is 0 Å². The van der Waals surface area contributed by atoms with E-state index in [0.717, 1.165) is 23.6 Å². The summed E-state index contributed by atoms with van der Waals surface area (Å²) in [4.78, 5) is 2.36. The first-order valence-electron chi connectivity index (χ1n) is 6.50.